The number of carbonyl (C=O) groups excluding carboxylic acids is 1. The summed E-state index contributed by atoms with van der Waals surface area (Å²) >= 11 is 1.12. The predicted molar refractivity (Wildman–Crippen MR) is 143 cm³/mol. The van der Waals surface area contributed by atoms with E-state index in [0.717, 1.165) is 17.8 Å². The zero-order valence-electron chi connectivity index (χ0n) is 21.2. The molecule has 0 aliphatic heterocycles. The average Bonchev–Trinajstić information content (AvgIpc) is 2.83. The Labute approximate surface area is 218 Å². The molecule has 0 fully saturated rings. The molecule has 0 bridgehead atoms. The van der Waals surface area contributed by atoms with Crippen molar-refractivity contribution < 1.29 is 28.6 Å². The lowest BCUT2D eigenvalue weighted by atomic mass is 9.97. The summed E-state index contributed by atoms with van der Waals surface area (Å²) < 4.78 is 26.4. The van der Waals surface area contributed by atoms with Gasteiger partial charge in [-0.15, -0.1) is 0 Å². The fourth-order valence-electron chi connectivity index (χ4n) is 3.43. The summed E-state index contributed by atoms with van der Waals surface area (Å²) in [5.41, 5.74) is 0.302. The third-order valence-electron chi connectivity index (χ3n) is 5.31. The number of nitrogens with zero attached hydrogens (tertiary/aromatic N) is 1. The molecule has 0 unspecified atom stereocenters. The second-order valence-corrected chi connectivity index (χ2v) is 9.45. The third-order valence-corrected chi connectivity index (χ3v) is 5.84. The molecule has 0 atom stereocenters. The molecule has 200 valence electrons. The van der Waals surface area contributed by atoms with Crippen molar-refractivity contribution in [1.82, 2.24) is 10.0 Å². The highest BCUT2D eigenvalue weighted by Gasteiger charge is 2.25. The van der Waals surface area contributed by atoms with Gasteiger partial charge in [-0.1, -0.05) is 12.1 Å². The van der Waals surface area contributed by atoms with E-state index in [1.165, 1.54) is 13.8 Å². The summed E-state index contributed by atoms with van der Waals surface area (Å²) in [5.74, 6) is -1.08. The van der Waals surface area contributed by atoms with Crippen molar-refractivity contribution in [2.45, 2.75) is 32.4 Å². The molecule has 1 amide bonds. The van der Waals surface area contributed by atoms with Crippen LogP contribution in [0.2, 0.25) is 0 Å². The number of amides is 1. The highest BCUT2D eigenvalue weighted by Crippen LogP contribution is 2.28. The quantitative estimate of drug-likeness (QED) is 0.158. The van der Waals surface area contributed by atoms with Crippen LogP contribution in [0.4, 0.5) is 15.8 Å². The largest absolute Gasteiger partial charge is 0.483 e. The number of hydrogen-bond donors (Lipinski definition) is 5. The van der Waals surface area contributed by atoms with E-state index >= 15 is 4.39 Å². The van der Waals surface area contributed by atoms with E-state index in [2.05, 4.69) is 14.8 Å². The molecule has 3 rings (SSSR count). The van der Waals surface area contributed by atoms with Gasteiger partial charge in [0, 0.05) is 61.9 Å². The molecular formula is C25H31FN4O6S. The number of benzene rings is 2. The number of carboxylic acid groups (broad SMARTS) is 1. The van der Waals surface area contributed by atoms with Gasteiger partial charge in [-0.05, 0) is 50.2 Å². The van der Waals surface area contributed by atoms with Crippen LogP contribution < -0.4 is 25.3 Å². The molecule has 3 aromatic rings. The van der Waals surface area contributed by atoms with Crippen LogP contribution in [0.25, 0.3) is 11.0 Å². The molecule has 1 heterocycles. The summed E-state index contributed by atoms with van der Waals surface area (Å²) in [5, 5.41) is 20.2. The van der Waals surface area contributed by atoms with Gasteiger partial charge in [0.15, 0.2) is 5.82 Å². The molecule has 10 nitrogen and oxygen atoms in total. The van der Waals surface area contributed by atoms with Crippen molar-refractivity contribution in [3.63, 3.8) is 0 Å². The summed E-state index contributed by atoms with van der Waals surface area (Å²) in [7, 11) is 5.44. The fourth-order valence-corrected chi connectivity index (χ4v) is 3.80. The third kappa shape index (κ3) is 7.68. The minimum Gasteiger partial charge on any atom is -0.483 e. The first-order valence-corrected chi connectivity index (χ1v) is 12.0. The Morgan fingerprint density at radius 1 is 1.22 bits per heavy atom. The van der Waals surface area contributed by atoms with Crippen LogP contribution >= 0.6 is 12.1 Å². The Kier molecular flexibility index (Phi) is 10.5. The Morgan fingerprint density at radius 3 is 2.49 bits per heavy atom. The van der Waals surface area contributed by atoms with Gasteiger partial charge in [-0.2, -0.15) is 0 Å². The number of fused-ring (bicyclic) bond motifs is 1. The van der Waals surface area contributed by atoms with Crippen LogP contribution in [0.5, 0.6) is 0 Å². The van der Waals surface area contributed by atoms with E-state index in [-0.39, 0.29) is 30.7 Å². The van der Waals surface area contributed by atoms with Crippen LogP contribution in [0.3, 0.4) is 0 Å². The van der Waals surface area contributed by atoms with Crippen LogP contribution in [0.15, 0.2) is 45.6 Å². The zero-order valence-corrected chi connectivity index (χ0v) is 22.0. The van der Waals surface area contributed by atoms with E-state index in [0.29, 0.717) is 22.1 Å². The standard InChI is InChI=1S/C24H29FN4O4S.CH2O2/c1-24(2,32)23(31)27-13-18-16-10-9-15(29(4)5)12-20(16)33-22(30)17(18)11-14-7-6-8-19(21(14)25)28-34-26-3;2-1-3/h6-10,12,26,28,32H,11,13H2,1-5H3,(H,27,31);1H,(H,2,3). The zero-order chi connectivity index (χ0) is 27.8. The molecule has 0 aliphatic rings. The van der Waals surface area contributed by atoms with Crippen LogP contribution in [0, 0.1) is 5.82 Å². The number of nitrogens with one attached hydrogen (secondary N) is 3. The fraction of sp³-hybridized carbons (Fsp3) is 0.320. The molecular weight excluding hydrogens is 503 g/mol. The van der Waals surface area contributed by atoms with Crippen LogP contribution in [-0.2, 0) is 22.6 Å². The van der Waals surface area contributed by atoms with E-state index in [4.69, 9.17) is 14.3 Å². The average molecular weight is 535 g/mol. The smallest absolute Gasteiger partial charge is 0.340 e. The van der Waals surface area contributed by atoms with E-state index in [1.807, 2.05) is 25.1 Å². The molecule has 37 heavy (non-hydrogen) atoms. The van der Waals surface area contributed by atoms with Crippen molar-refractivity contribution in [1.29, 1.82) is 0 Å². The van der Waals surface area contributed by atoms with Gasteiger partial charge in [-0.3, -0.25) is 9.59 Å². The summed E-state index contributed by atoms with van der Waals surface area (Å²) in [6, 6.07) is 10.3. The number of anilines is 2. The first-order chi connectivity index (χ1) is 17.4. The SMILES string of the molecule is CNSNc1cccc(Cc2c(CNC(=O)C(C)(C)O)c3ccc(N(C)C)cc3oc2=O)c1F.O=CO. The minimum absolute atomic E-state index is 0.0310. The monoisotopic (exact) mass is 534 g/mol. The highest BCUT2D eigenvalue weighted by atomic mass is 32.2. The number of carbonyl (C=O) groups is 2. The topological polar surface area (TPSA) is 144 Å². The maximum atomic E-state index is 15.1. The Balaban J connectivity index is 0.00000153. The highest BCUT2D eigenvalue weighted by molar-refractivity contribution is 7.98. The van der Waals surface area contributed by atoms with Gasteiger partial charge >= 0.3 is 5.63 Å². The Hall–Kier alpha value is -3.61. The predicted octanol–water partition coefficient (Wildman–Crippen LogP) is 2.87. The number of hydrogen-bond acceptors (Lipinski definition) is 9. The molecule has 0 radical (unpaired) electrons. The molecule has 0 saturated heterocycles. The van der Waals surface area contributed by atoms with Crippen LogP contribution in [-0.4, -0.2) is 49.3 Å². The maximum Gasteiger partial charge on any atom is 0.340 e. The van der Waals surface area contributed by atoms with Crippen molar-refractivity contribution in [2.75, 3.05) is 30.8 Å². The number of aliphatic hydroxyl groups is 1. The Bertz CT molecular complexity index is 1310. The van der Waals surface area contributed by atoms with Crippen LogP contribution in [0.1, 0.15) is 30.5 Å². The van der Waals surface area contributed by atoms with Crippen molar-refractivity contribution >= 4 is 46.9 Å². The molecule has 5 N–H and O–H groups in total. The summed E-state index contributed by atoms with van der Waals surface area (Å²) in [4.78, 5) is 35.6. The van der Waals surface area contributed by atoms with Gasteiger partial charge in [0.05, 0.1) is 5.69 Å². The van der Waals surface area contributed by atoms with E-state index in [9.17, 15) is 14.7 Å². The van der Waals surface area contributed by atoms with Gasteiger partial charge in [0.2, 0.25) is 0 Å². The maximum absolute atomic E-state index is 15.1. The van der Waals surface area contributed by atoms with E-state index in [1.54, 1.807) is 37.4 Å². The number of halogens is 1. The lowest BCUT2D eigenvalue weighted by Crippen LogP contribution is -2.41. The van der Waals surface area contributed by atoms with Crippen molar-refractivity contribution in [3.05, 3.63) is 69.3 Å². The number of rotatable bonds is 9. The Morgan fingerprint density at radius 2 is 1.89 bits per heavy atom. The van der Waals surface area contributed by atoms with Crippen molar-refractivity contribution in [3.8, 4) is 0 Å². The van der Waals surface area contributed by atoms with Gasteiger partial charge in [0.1, 0.15) is 11.2 Å². The minimum atomic E-state index is -1.59. The molecule has 0 spiro atoms. The summed E-state index contributed by atoms with van der Waals surface area (Å²) in [6.45, 7) is 2.47. The lowest BCUT2D eigenvalue weighted by molar-refractivity contribution is -0.136. The molecule has 12 heteroatoms. The van der Waals surface area contributed by atoms with Gasteiger partial charge < -0.3 is 29.6 Å². The molecule has 1 aromatic heterocycles. The normalized spacial score (nSPS) is 10.9. The van der Waals surface area contributed by atoms with E-state index < -0.39 is 23.0 Å². The second-order valence-electron chi connectivity index (χ2n) is 8.63. The van der Waals surface area contributed by atoms with Gasteiger partial charge in [-0.25, -0.2) is 13.9 Å². The first kappa shape index (κ1) is 29.6. The van der Waals surface area contributed by atoms with Gasteiger partial charge in [0.25, 0.3) is 12.4 Å². The van der Waals surface area contributed by atoms with Crippen molar-refractivity contribution in [2.24, 2.45) is 0 Å². The second kappa shape index (κ2) is 13.1. The molecule has 0 saturated carbocycles. The molecule has 0 aliphatic carbocycles. The molecule has 2 aromatic carbocycles. The summed E-state index contributed by atoms with van der Waals surface area (Å²) in [6.07, 6.45) is -0.0347. The lowest BCUT2D eigenvalue weighted by Gasteiger charge is -2.19. The first-order valence-electron chi connectivity index (χ1n) is 11.1.